The highest BCUT2D eigenvalue weighted by Gasteiger charge is 2.38. The van der Waals surface area contributed by atoms with E-state index < -0.39 is 48.0 Å². The van der Waals surface area contributed by atoms with Crippen LogP contribution in [0.25, 0.3) is 0 Å². The monoisotopic (exact) mass is 797 g/mol. The van der Waals surface area contributed by atoms with Crippen LogP contribution >= 0.6 is 21.6 Å². The summed E-state index contributed by atoms with van der Waals surface area (Å²) in [6.07, 6.45) is 32.9. The molecule has 1 rings (SSSR count). The SMILES string of the molecule is CC/C=C\C/C=C\C/C=C\C/C=C\C/C=C\C/C=C\CCC(=O)NC(CSSC(C)(C)C(NC(=O)CCCc1ccccc1)C(=O)NC(CO)CO)C(=O)O. The second-order valence-corrected chi connectivity index (χ2v) is 16.3. The zero-order valence-corrected chi connectivity index (χ0v) is 34.4. The summed E-state index contributed by atoms with van der Waals surface area (Å²) >= 11 is 0. The van der Waals surface area contributed by atoms with Gasteiger partial charge in [0.15, 0.2) is 0 Å². The number of amides is 3. The summed E-state index contributed by atoms with van der Waals surface area (Å²) in [4.78, 5) is 50.7. The summed E-state index contributed by atoms with van der Waals surface area (Å²) in [5.74, 6) is -2.45. The Balaban J connectivity index is 2.51. The maximum absolute atomic E-state index is 13.3. The van der Waals surface area contributed by atoms with Crippen molar-refractivity contribution in [2.75, 3.05) is 19.0 Å². The zero-order chi connectivity index (χ0) is 40.6. The molecule has 0 aliphatic carbocycles. The fraction of sp³-hybridized carbons (Fsp3) is 0.488. The molecule has 0 aromatic heterocycles. The van der Waals surface area contributed by atoms with E-state index in [9.17, 15) is 34.5 Å². The molecule has 0 aliphatic rings. The minimum absolute atomic E-state index is 0.0182. The molecule has 1 aromatic rings. The highest BCUT2D eigenvalue weighted by molar-refractivity contribution is 8.77. The normalized spacial score (nSPS) is 13.6. The first kappa shape index (κ1) is 49.2. The van der Waals surface area contributed by atoms with Gasteiger partial charge in [-0.05, 0) is 77.2 Å². The van der Waals surface area contributed by atoms with Crippen LogP contribution < -0.4 is 16.0 Å². The third kappa shape index (κ3) is 25.0. The molecule has 0 fully saturated rings. The van der Waals surface area contributed by atoms with Gasteiger partial charge >= 0.3 is 5.97 Å². The molecule has 0 saturated carbocycles. The lowest BCUT2D eigenvalue weighted by Gasteiger charge is -2.34. The van der Waals surface area contributed by atoms with Crippen LogP contribution in [0.3, 0.4) is 0 Å². The number of aryl methyl sites for hydroxylation is 1. The number of carboxylic acid groups (broad SMARTS) is 1. The number of carbonyl (C=O) groups excluding carboxylic acids is 3. The summed E-state index contributed by atoms with van der Waals surface area (Å²) in [6, 6.07) is 6.63. The lowest BCUT2D eigenvalue weighted by molar-refractivity contribution is -0.141. The van der Waals surface area contributed by atoms with Crippen LogP contribution in [0.2, 0.25) is 0 Å². The lowest BCUT2D eigenvalue weighted by Crippen LogP contribution is -2.58. The van der Waals surface area contributed by atoms with E-state index in [4.69, 9.17) is 0 Å². The number of hydrogen-bond acceptors (Lipinski definition) is 8. The second kappa shape index (κ2) is 31.4. The topological polar surface area (TPSA) is 165 Å². The van der Waals surface area contributed by atoms with Gasteiger partial charge < -0.3 is 31.3 Å². The summed E-state index contributed by atoms with van der Waals surface area (Å²) in [6.45, 7) is 4.65. The molecule has 0 heterocycles. The van der Waals surface area contributed by atoms with Gasteiger partial charge in [0.05, 0.1) is 19.3 Å². The molecule has 2 unspecified atom stereocenters. The number of aliphatic carboxylic acids is 1. The molecule has 6 N–H and O–H groups in total. The van der Waals surface area contributed by atoms with Gasteiger partial charge in [-0.2, -0.15) is 0 Å². The van der Waals surface area contributed by atoms with E-state index in [-0.39, 0.29) is 30.4 Å². The van der Waals surface area contributed by atoms with Gasteiger partial charge in [-0.1, -0.05) is 132 Å². The third-order valence-electron chi connectivity index (χ3n) is 8.04. The standard InChI is InChI=1S/C43H63N3O7S2/c1-4-5-6-7-8-9-10-11-12-13-14-15-16-17-18-19-20-21-25-30-38(49)45-37(42(52)53)34-54-55-43(2,3)40(41(51)44-36(32-47)33-48)46-39(50)31-26-29-35-27-23-22-24-28-35/h5-6,8-9,11-12,14-15,17-18,20-24,27-28,36-37,40,47-48H,4,7,10,13,16,19,25-26,29-34H2,1-3H3,(H,44,51)(H,45,49)(H,46,50)(H,52,53)/b6-5-,9-8-,12-11-,15-14-,18-17-,21-20-. The average molecular weight is 798 g/mol. The van der Waals surface area contributed by atoms with Gasteiger partial charge in [-0.25, -0.2) is 4.79 Å². The maximum atomic E-state index is 13.3. The molecule has 0 bridgehead atoms. The van der Waals surface area contributed by atoms with Gasteiger partial charge in [-0.3, -0.25) is 14.4 Å². The Morgan fingerprint density at radius 3 is 1.73 bits per heavy atom. The van der Waals surface area contributed by atoms with E-state index in [1.165, 1.54) is 21.6 Å². The number of aliphatic hydroxyl groups is 2. The molecule has 0 saturated heterocycles. The molecule has 0 aliphatic heterocycles. The second-order valence-electron chi connectivity index (χ2n) is 13.3. The fourth-order valence-corrected chi connectivity index (χ4v) is 7.73. The molecule has 1 aromatic carbocycles. The first-order valence-corrected chi connectivity index (χ1v) is 21.4. The van der Waals surface area contributed by atoms with Crippen molar-refractivity contribution in [3.8, 4) is 0 Å². The molecule has 304 valence electrons. The summed E-state index contributed by atoms with van der Waals surface area (Å²) < 4.78 is -0.942. The highest BCUT2D eigenvalue weighted by Crippen LogP contribution is 2.38. The van der Waals surface area contributed by atoms with Crippen molar-refractivity contribution in [2.45, 2.75) is 114 Å². The van der Waals surface area contributed by atoms with Crippen molar-refractivity contribution in [1.29, 1.82) is 0 Å². The van der Waals surface area contributed by atoms with Crippen LogP contribution in [0.5, 0.6) is 0 Å². The largest absolute Gasteiger partial charge is 0.480 e. The third-order valence-corrected chi connectivity index (χ3v) is 11.3. The van der Waals surface area contributed by atoms with E-state index in [1.54, 1.807) is 13.8 Å². The van der Waals surface area contributed by atoms with E-state index in [2.05, 4.69) is 83.6 Å². The van der Waals surface area contributed by atoms with Crippen molar-refractivity contribution in [1.82, 2.24) is 16.0 Å². The predicted octanol–water partition coefficient (Wildman–Crippen LogP) is 7.17. The van der Waals surface area contributed by atoms with Crippen molar-refractivity contribution >= 4 is 45.3 Å². The van der Waals surface area contributed by atoms with Crippen molar-refractivity contribution in [3.05, 3.63) is 109 Å². The molecule has 10 nitrogen and oxygen atoms in total. The maximum Gasteiger partial charge on any atom is 0.327 e. The first-order chi connectivity index (χ1) is 26.5. The Labute approximate surface area is 336 Å². The number of carbonyl (C=O) groups is 4. The van der Waals surface area contributed by atoms with Crippen LogP contribution in [0.1, 0.15) is 90.5 Å². The number of aliphatic hydroxyl groups excluding tert-OH is 2. The van der Waals surface area contributed by atoms with E-state index in [1.807, 2.05) is 42.5 Å². The van der Waals surface area contributed by atoms with Crippen LogP contribution in [0.4, 0.5) is 0 Å². The molecule has 2 atom stereocenters. The van der Waals surface area contributed by atoms with Crippen LogP contribution in [-0.4, -0.2) is 80.8 Å². The first-order valence-electron chi connectivity index (χ1n) is 19.1. The highest BCUT2D eigenvalue weighted by atomic mass is 33.1. The van der Waals surface area contributed by atoms with E-state index in [0.717, 1.165) is 44.1 Å². The summed E-state index contributed by atoms with van der Waals surface area (Å²) in [5, 5.41) is 36.7. The Kier molecular flexibility index (Phi) is 28.1. The Hall–Kier alpha value is -3.84. The molecule has 3 amide bonds. The summed E-state index contributed by atoms with van der Waals surface area (Å²) in [5.41, 5.74) is 1.10. The average Bonchev–Trinajstić information content (AvgIpc) is 3.16. The van der Waals surface area contributed by atoms with Crippen LogP contribution in [0.15, 0.2) is 103 Å². The van der Waals surface area contributed by atoms with Gasteiger partial charge in [-0.15, -0.1) is 0 Å². The van der Waals surface area contributed by atoms with Crippen LogP contribution in [-0.2, 0) is 25.6 Å². The minimum atomic E-state index is -1.18. The predicted molar refractivity (Wildman–Crippen MR) is 229 cm³/mol. The Morgan fingerprint density at radius 2 is 1.22 bits per heavy atom. The molecular formula is C43H63N3O7S2. The van der Waals surface area contributed by atoms with Crippen molar-refractivity contribution < 1.29 is 34.5 Å². The molecule has 0 spiro atoms. The Bertz CT molecular complexity index is 1420. The van der Waals surface area contributed by atoms with Crippen molar-refractivity contribution in [2.24, 2.45) is 0 Å². The van der Waals surface area contributed by atoms with E-state index >= 15 is 0 Å². The smallest absolute Gasteiger partial charge is 0.327 e. The van der Waals surface area contributed by atoms with Gasteiger partial charge in [0.2, 0.25) is 17.7 Å². The lowest BCUT2D eigenvalue weighted by atomic mass is 10.0. The number of nitrogens with one attached hydrogen (secondary N) is 3. The molecular weight excluding hydrogens is 735 g/mol. The molecule has 12 heteroatoms. The quantitative estimate of drug-likeness (QED) is 0.0350. The Morgan fingerprint density at radius 1 is 0.709 bits per heavy atom. The number of allylic oxidation sites excluding steroid dienone is 12. The zero-order valence-electron chi connectivity index (χ0n) is 32.7. The van der Waals surface area contributed by atoms with Crippen molar-refractivity contribution in [3.63, 3.8) is 0 Å². The molecule has 0 radical (unpaired) electrons. The van der Waals surface area contributed by atoms with E-state index in [0.29, 0.717) is 19.3 Å². The van der Waals surface area contributed by atoms with Gasteiger partial charge in [0, 0.05) is 23.3 Å². The summed E-state index contributed by atoms with van der Waals surface area (Å²) in [7, 11) is 2.37. The number of rotatable bonds is 30. The fourth-order valence-electron chi connectivity index (χ4n) is 4.92. The number of carboxylic acids is 1. The van der Waals surface area contributed by atoms with Gasteiger partial charge in [0.1, 0.15) is 12.1 Å². The van der Waals surface area contributed by atoms with Gasteiger partial charge in [0.25, 0.3) is 0 Å². The number of hydrogen-bond donors (Lipinski definition) is 6. The number of benzene rings is 1. The molecule has 55 heavy (non-hydrogen) atoms. The minimum Gasteiger partial charge on any atom is -0.480 e. The van der Waals surface area contributed by atoms with Crippen LogP contribution in [0, 0.1) is 0 Å².